The van der Waals surface area contributed by atoms with Gasteiger partial charge in [-0.2, -0.15) is 0 Å². The summed E-state index contributed by atoms with van der Waals surface area (Å²) < 4.78 is 2.01. The van der Waals surface area contributed by atoms with Crippen LogP contribution in [0.4, 0.5) is 0 Å². The first-order valence-corrected chi connectivity index (χ1v) is 7.39. The molecule has 0 unspecified atom stereocenters. The van der Waals surface area contributed by atoms with Crippen LogP contribution in [-0.4, -0.2) is 19.5 Å². The third-order valence-electron chi connectivity index (χ3n) is 3.92. The van der Waals surface area contributed by atoms with E-state index in [2.05, 4.69) is 39.2 Å². The average molecular weight is 301 g/mol. The highest BCUT2D eigenvalue weighted by molar-refractivity contribution is 5.69. The number of rotatable bonds is 3. The van der Waals surface area contributed by atoms with Crippen LogP contribution >= 0.6 is 0 Å². The van der Waals surface area contributed by atoms with Gasteiger partial charge in [-0.1, -0.05) is 60.7 Å². The number of nitrogens with zero attached hydrogens (tertiary/aromatic N) is 3. The largest absolute Gasteiger partial charge is 0.340 e. The Hall–Kier alpha value is -3.21. The minimum absolute atomic E-state index is 0.0451. The highest BCUT2D eigenvalue weighted by Gasteiger charge is 2.18. The summed E-state index contributed by atoms with van der Waals surface area (Å²) in [5, 5.41) is 7.93. The number of hydrogen-bond donors (Lipinski definition) is 2. The maximum atomic E-state index is 7.93. The Balaban J connectivity index is 2.00. The van der Waals surface area contributed by atoms with Gasteiger partial charge in [0.2, 0.25) is 0 Å². The van der Waals surface area contributed by atoms with Crippen LogP contribution in [-0.2, 0) is 0 Å². The van der Waals surface area contributed by atoms with Gasteiger partial charge in [0.05, 0.1) is 18.7 Å². The Kier molecular flexibility index (Phi) is 3.24. The number of H-pyrrole nitrogens is 1. The van der Waals surface area contributed by atoms with Gasteiger partial charge in [0.1, 0.15) is 5.52 Å². The zero-order valence-electron chi connectivity index (χ0n) is 12.3. The standard InChI is InChI=1S/C18H15N5/c19-17-15-18(21-11-20-15)23(12-22-17)16(13-7-3-1-4-8-13)14-9-5-2-6-10-14/h1-12,16,19H,(H,20,21). The number of fused-ring (bicyclic) bond motifs is 1. The Bertz CT molecular complexity index is 947. The van der Waals surface area contributed by atoms with Gasteiger partial charge >= 0.3 is 0 Å². The number of aromatic amines is 1. The van der Waals surface area contributed by atoms with Crippen LogP contribution in [0.3, 0.4) is 0 Å². The van der Waals surface area contributed by atoms with Gasteiger partial charge in [-0.15, -0.1) is 0 Å². The molecule has 0 atom stereocenters. The second-order valence-electron chi connectivity index (χ2n) is 5.33. The van der Waals surface area contributed by atoms with E-state index in [9.17, 15) is 0 Å². The first-order valence-electron chi connectivity index (χ1n) is 7.39. The van der Waals surface area contributed by atoms with Gasteiger partial charge in [0.25, 0.3) is 0 Å². The van der Waals surface area contributed by atoms with Crippen molar-refractivity contribution in [1.82, 2.24) is 19.5 Å². The highest BCUT2D eigenvalue weighted by atomic mass is 15.1. The van der Waals surface area contributed by atoms with E-state index >= 15 is 0 Å². The topological polar surface area (TPSA) is 70.3 Å². The fraction of sp³-hybridized carbons (Fsp3) is 0.0556. The monoisotopic (exact) mass is 301 g/mol. The lowest BCUT2D eigenvalue weighted by atomic mass is 9.98. The van der Waals surface area contributed by atoms with Crippen LogP contribution in [0.25, 0.3) is 11.2 Å². The Morgan fingerprint density at radius 1 is 0.870 bits per heavy atom. The van der Waals surface area contributed by atoms with E-state index in [0.29, 0.717) is 5.52 Å². The molecule has 0 radical (unpaired) electrons. The molecule has 0 aliphatic heterocycles. The summed E-state index contributed by atoms with van der Waals surface area (Å²) in [6, 6.07) is 20.5. The van der Waals surface area contributed by atoms with Crippen molar-refractivity contribution in [2.24, 2.45) is 0 Å². The fourth-order valence-electron chi connectivity index (χ4n) is 2.87. The van der Waals surface area contributed by atoms with E-state index in [1.807, 2.05) is 41.0 Å². The van der Waals surface area contributed by atoms with Crippen LogP contribution in [0.2, 0.25) is 0 Å². The van der Waals surface area contributed by atoms with Crippen molar-refractivity contribution < 1.29 is 0 Å². The predicted molar refractivity (Wildman–Crippen MR) is 87.9 cm³/mol. The number of aromatic nitrogens is 4. The maximum absolute atomic E-state index is 7.93. The van der Waals surface area contributed by atoms with Gasteiger partial charge in [0, 0.05) is 0 Å². The number of imidazole rings is 1. The fourth-order valence-corrected chi connectivity index (χ4v) is 2.87. The van der Waals surface area contributed by atoms with Crippen LogP contribution in [0.1, 0.15) is 17.2 Å². The van der Waals surface area contributed by atoms with E-state index in [-0.39, 0.29) is 11.5 Å². The highest BCUT2D eigenvalue weighted by Crippen LogP contribution is 2.27. The molecule has 0 saturated heterocycles. The zero-order valence-corrected chi connectivity index (χ0v) is 12.3. The molecule has 0 fully saturated rings. The first kappa shape index (κ1) is 13.5. The lowest BCUT2D eigenvalue weighted by molar-refractivity contribution is 0.674. The Morgan fingerprint density at radius 2 is 1.48 bits per heavy atom. The lowest BCUT2D eigenvalue weighted by Gasteiger charge is -2.21. The SMILES string of the molecule is N=c1ncn(C(c2ccccc2)c2ccccc2)c2nc[nH]c12. The zero-order chi connectivity index (χ0) is 15.6. The van der Waals surface area contributed by atoms with Gasteiger partial charge in [-0.3, -0.25) is 5.41 Å². The molecule has 4 rings (SSSR count). The number of nitrogens with one attached hydrogen (secondary N) is 2. The molecule has 0 amide bonds. The Labute approximate surface area is 132 Å². The van der Waals surface area contributed by atoms with Crippen LogP contribution in [0.15, 0.2) is 73.3 Å². The van der Waals surface area contributed by atoms with Crippen molar-refractivity contribution in [3.8, 4) is 0 Å². The molecule has 2 heterocycles. The summed E-state index contributed by atoms with van der Waals surface area (Å²) in [6.07, 6.45) is 3.30. The average Bonchev–Trinajstić information content (AvgIpc) is 3.10. The molecule has 0 aliphatic carbocycles. The third-order valence-corrected chi connectivity index (χ3v) is 3.92. The number of benzene rings is 2. The van der Waals surface area contributed by atoms with Crippen molar-refractivity contribution in [3.05, 3.63) is 89.9 Å². The molecule has 0 aliphatic rings. The second kappa shape index (κ2) is 5.53. The molecule has 0 spiro atoms. The quantitative estimate of drug-likeness (QED) is 0.611. The second-order valence-corrected chi connectivity index (χ2v) is 5.33. The molecule has 4 aromatic rings. The van der Waals surface area contributed by atoms with E-state index in [4.69, 9.17) is 5.41 Å². The summed E-state index contributed by atoms with van der Waals surface area (Å²) in [5.41, 5.74) is 3.86. The van der Waals surface area contributed by atoms with Crippen LogP contribution in [0.5, 0.6) is 0 Å². The molecular weight excluding hydrogens is 286 g/mol. The summed E-state index contributed by atoms with van der Waals surface area (Å²) in [4.78, 5) is 11.6. The van der Waals surface area contributed by atoms with Crippen molar-refractivity contribution in [1.29, 1.82) is 5.41 Å². The summed E-state index contributed by atoms with van der Waals surface area (Å²) in [7, 11) is 0. The summed E-state index contributed by atoms with van der Waals surface area (Å²) >= 11 is 0. The van der Waals surface area contributed by atoms with Crippen molar-refractivity contribution >= 4 is 11.2 Å². The van der Waals surface area contributed by atoms with Gasteiger partial charge in [-0.25, -0.2) is 9.97 Å². The molecule has 2 aromatic carbocycles. The normalized spacial score (nSPS) is 11.2. The predicted octanol–water partition coefficient (Wildman–Crippen LogP) is 2.88. The Morgan fingerprint density at radius 3 is 2.09 bits per heavy atom. The molecule has 112 valence electrons. The molecule has 2 aromatic heterocycles. The maximum Gasteiger partial charge on any atom is 0.173 e. The van der Waals surface area contributed by atoms with Crippen molar-refractivity contribution in [2.45, 2.75) is 6.04 Å². The molecule has 0 bridgehead atoms. The van der Waals surface area contributed by atoms with Crippen LogP contribution < -0.4 is 5.49 Å². The molecule has 23 heavy (non-hydrogen) atoms. The van der Waals surface area contributed by atoms with E-state index in [0.717, 1.165) is 16.8 Å². The van der Waals surface area contributed by atoms with Crippen LogP contribution in [0, 0.1) is 5.41 Å². The first-order chi connectivity index (χ1) is 11.3. The molecule has 5 nitrogen and oxygen atoms in total. The summed E-state index contributed by atoms with van der Waals surface area (Å²) in [6.45, 7) is 0. The molecule has 5 heteroatoms. The molecule has 0 saturated carbocycles. The smallest absolute Gasteiger partial charge is 0.173 e. The minimum Gasteiger partial charge on any atom is -0.340 e. The van der Waals surface area contributed by atoms with Gasteiger partial charge in [-0.05, 0) is 11.1 Å². The van der Waals surface area contributed by atoms with Crippen molar-refractivity contribution in [2.75, 3.05) is 0 Å². The summed E-state index contributed by atoms with van der Waals surface area (Å²) in [5.74, 6) is 0. The van der Waals surface area contributed by atoms with Crippen molar-refractivity contribution in [3.63, 3.8) is 0 Å². The van der Waals surface area contributed by atoms with E-state index in [1.54, 1.807) is 12.7 Å². The van der Waals surface area contributed by atoms with E-state index in [1.165, 1.54) is 0 Å². The molecule has 2 N–H and O–H groups in total. The lowest BCUT2D eigenvalue weighted by Crippen LogP contribution is -2.18. The molecular formula is C18H15N5. The van der Waals surface area contributed by atoms with E-state index < -0.39 is 0 Å². The minimum atomic E-state index is -0.0451. The van der Waals surface area contributed by atoms with Gasteiger partial charge in [0.15, 0.2) is 11.1 Å². The van der Waals surface area contributed by atoms with Gasteiger partial charge < -0.3 is 9.55 Å². The number of hydrogen-bond acceptors (Lipinski definition) is 3. The third kappa shape index (κ3) is 2.32.